The van der Waals surface area contributed by atoms with Gasteiger partial charge in [0, 0.05) is 17.8 Å². The number of carbonyl (C=O) groups excluding carboxylic acids is 1. The number of hydrazine groups is 1. The number of nitrogens with two attached hydrogens (primary N) is 1. The Bertz CT molecular complexity index is 478. The fourth-order valence-corrected chi connectivity index (χ4v) is 2.48. The summed E-state index contributed by atoms with van der Waals surface area (Å²) in [4.78, 5) is 12.2. The normalized spacial score (nSPS) is 16.3. The molecule has 2 rings (SSSR count). The number of hydrogen-bond donors (Lipinski definition) is 3. The Morgan fingerprint density at radius 1 is 1.42 bits per heavy atom. The van der Waals surface area contributed by atoms with E-state index in [0.717, 1.165) is 23.4 Å². The van der Waals surface area contributed by atoms with Gasteiger partial charge in [0.05, 0.1) is 0 Å². The van der Waals surface area contributed by atoms with E-state index < -0.39 is 0 Å². The number of carbonyl (C=O) groups is 1. The molecule has 0 spiro atoms. The van der Waals surface area contributed by atoms with E-state index in [0.29, 0.717) is 11.3 Å². The number of nitrogens with one attached hydrogen (secondary N) is 2. The molecule has 0 unspecified atom stereocenters. The third-order valence-corrected chi connectivity index (χ3v) is 4.36. The zero-order valence-electron chi connectivity index (χ0n) is 11.9. The van der Waals surface area contributed by atoms with Crippen LogP contribution in [0.5, 0.6) is 0 Å². The first-order valence-corrected chi connectivity index (χ1v) is 6.84. The molecule has 1 amide bonds. The van der Waals surface area contributed by atoms with Crippen LogP contribution in [0.15, 0.2) is 18.2 Å². The highest BCUT2D eigenvalue weighted by Crippen LogP contribution is 2.51. The van der Waals surface area contributed by atoms with E-state index in [4.69, 9.17) is 5.84 Å². The van der Waals surface area contributed by atoms with Gasteiger partial charge in [0.15, 0.2) is 0 Å². The highest BCUT2D eigenvalue weighted by molar-refractivity contribution is 5.96. The molecule has 1 aromatic rings. The average Bonchev–Trinajstić information content (AvgIpc) is 3.17. The summed E-state index contributed by atoms with van der Waals surface area (Å²) in [5.41, 5.74) is 5.39. The quantitative estimate of drug-likeness (QED) is 0.563. The maximum atomic E-state index is 12.2. The van der Waals surface area contributed by atoms with Crippen LogP contribution in [0, 0.1) is 18.3 Å². The molecular weight excluding hydrogens is 238 g/mol. The minimum Gasteiger partial charge on any atom is -0.351 e. The molecule has 0 bridgehead atoms. The van der Waals surface area contributed by atoms with Crippen LogP contribution in [0.4, 0.5) is 5.69 Å². The van der Waals surface area contributed by atoms with Gasteiger partial charge in [-0.25, -0.2) is 0 Å². The molecule has 0 atom stereocenters. The summed E-state index contributed by atoms with van der Waals surface area (Å²) in [6, 6.07) is 5.51. The third-order valence-electron chi connectivity index (χ3n) is 4.36. The number of aryl methyl sites for hydroxylation is 1. The van der Waals surface area contributed by atoms with E-state index in [1.807, 2.05) is 25.1 Å². The summed E-state index contributed by atoms with van der Waals surface area (Å²) in [5, 5.41) is 3.07. The van der Waals surface area contributed by atoms with Gasteiger partial charge in [0.2, 0.25) is 0 Å². The van der Waals surface area contributed by atoms with Crippen LogP contribution in [0.1, 0.15) is 42.6 Å². The van der Waals surface area contributed by atoms with Crippen molar-refractivity contribution < 1.29 is 4.79 Å². The molecule has 4 heteroatoms. The third kappa shape index (κ3) is 2.89. The lowest BCUT2D eigenvalue weighted by molar-refractivity contribution is 0.0939. The highest BCUT2D eigenvalue weighted by Gasteiger charge is 2.45. The molecular formula is C15H23N3O. The van der Waals surface area contributed by atoms with Crippen LogP contribution < -0.4 is 16.6 Å². The summed E-state index contributed by atoms with van der Waals surface area (Å²) in [7, 11) is 0. The molecule has 4 nitrogen and oxygen atoms in total. The summed E-state index contributed by atoms with van der Waals surface area (Å²) in [6.07, 6.45) is 2.44. The molecule has 1 aliphatic carbocycles. The largest absolute Gasteiger partial charge is 0.351 e. The number of benzene rings is 1. The number of nitrogen functional groups attached to an aromatic ring is 1. The Balaban J connectivity index is 2.00. The first-order chi connectivity index (χ1) is 8.98. The smallest absolute Gasteiger partial charge is 0.251 e. The monoisotopic (exact) mass is 261 g/mol. The topological polar surface area (TPSA) is 67.1 Å². The van der Waals surface area contributed by atoms with Gasteiger partial charge < -0.3 is 10.7 Å². The lowest BCUT2D eigenvalue weighted by Gasteiger charge is -2.20. The van der Waals surface area contributed by atoms with Gasteiger partial charge in [0.1, 0.15) is 0 Å². The molecule has 19 heavy (non-hydrogen) atoms. The van der Waals surface area contributed by atoms with Crippen LogP contribution in [-0.2, 0) is 0 Å². The van der Waals surface area contributed by atoms with Crippen molar-refractivity contribution in [1.82, 2.24) is 5.32 Å². The summed E-state index contributed by atoms with van der Waals surface area (Å²) >= 11 is 0. The van der Waals surface area contributed by atoms with Gasteiger partial charge in [-0.15, -0.1) is 0 Å². The van der Waals surface area contributed by atoms with Crippen molar-refractivity contribution in [2.45, 2.75) is 33.6 Å². The second-order valence-corrected chi connectivity index (χ2v) is 5.87. The molecule has 1 saturated carbocycles. The van der Waals surface area contributed by atoms with Gasteiger partial charge in [-0.05, 0) is 54.9 Å². The van der Waals surface area contributed by atoms with Crippen molar-refractivity contribution in [3.8, 4) is 0 Å². The molecule has 0 saturated heterocycles. The van der Waals surface area contributed by atoms with Crippen molar-refractivity contribution >= 4 is 11.6 Å². The number of rotatable bonds is 5. The van der Waals surface area contributed by atoms with Crippen LogP contribution in [0.3, 0.4) is 0 Å². The Kier molecular flexibility index (Phi) is 3.80. The molecule has 0 aliphatic heterocycles. The fraction of sp³-hybridized carbons (Fsp3) is 0.533. The highest BCUT2D eigenvalue weighted by atomic mass is 16.1. The minimum absolute atomic E-state index is 0.00740. The van der Waals surface area contributed by atoms with Gasteiger partial charge >= 0.3 is 0 Å². The van der Waals surface area contributed by atoms with Crippen molar-refractivity contribution in [2.24, 2.45) is 17.2 Å². The van der Waals surface area contributed by atoms with E-state index in [-0.39, 0.29) is 5.91 Å². The molecule has 0 radical (unpaired) electrons. The van der Waals surface area contributed by atoms with Gasteiger partial charge in [-0.2, -0.15) is 0 Å². The first kappa shape index (κ1) is 13.9. The SMILES string of the molecule is Cc1cc(NN)ccc1C(=O)NCC1(C(C)C)CC1. The predicted octanol–water partition coefficient (Wildman–Crippen LogP) is 2.45. The summed E-state index contributed by atoms with van der Waals surface area (Å²) in [6.45, 7) is 7.16. The Labute approximate surface area is 114 Å². The standard InChI is InChI=1S/C15H23N3O/c1-10(2)15(6-7-15)9-17-14(19)13-5-4-12(18-16)8-11(13)3/h4-5,8,10,18H,6-7,9,16H2,1-3H3,(H,17,19). The van der Waals surface area contributed by atoms with Gasteiger partial charge in [-0.1, -0.05) is 13.8 Å². The number of hydrogen-bond acceptors (Lipinski definition) is 3. The minimum atomic E-state index is 0.00740. The Hall–Kier alpha value is -1.55. The van der Waals surface area contributed by atoms with Crippen molar-refractivity contribution in [1.29, 1.82) is 0 Å². The second kappa shape index (κ2) is 5.21. The maximum absolute atomic E-state index is 12.2. The van der Waals surface area contributed by atoms with Crippen molar-refractivity contribution in [3.05, 3.63) is 29.3 Å². The van der Waals surface area contributed by atoms with E-state index in [9.17, 15) is 4.79 Å². The van der Waals surface area contributed by atoms with E-state index in [2.05, 4.69) is 24.6 Å². The van der Waals surface area contributed by atoms with Crippen LogP contribution >= 0.6 is 0 Å². The van der Waals surface area contributed by atoms with Crippen LogP contribution in [0.2, 0.25) is 0 Å². The van der Waals surface area contributed by atoms with E-state index in [1.165, 1.54) is 12.8 Å². The number of anilines is 1. The van der Waals surface area contributed by atoms with E-state index in [1.54, 1.807) is 0 Å². The van der Waals surface area contributed by atoms with Crippen LogP contribution in [0.25, 0.3) is 0 Å². The molecule has 104 valence electrons. The zero-order chi connectivity index (χ0) is 14.0. The summed E-state index contributed by atoms with van der Waals surface area (Å²) < 4.78 is 0. The van der Waals surface area contributed by atoms with Gasteiger partial charge in [-0.3, -0.25) is 10.6 Å². The van der Waals surface area contributed by atoms with E-state index >= 15 is 0 Å². The molecule has 0 heterocycles. The fourth-order valence-electron chi connectivity index (χ4n) is 2.48. The average molecular weight is 261 g/mol. The maximum Gasteiger partial charge on any atom is 0.251 e. The van der Waals surface area contributed by atoms with Crippen LogP contribution in [-0.4, -0.2) is 12.5 Å². The first-order valence-electron chi connectivity index (χ1n) is 6.84. The van der Waals surface area contributed by atoms with Crippen molar-refractivity contribution in [2.75, 3.05) is 12.0 Å². The molecule has 0 aromatic heterocycles. The Morgan fingerprint density at radius 2 is 2.11 bits per heavy atom. The van der Waals surface area contributed by atoms with Gasteiger partial charge in [0.25, 0.3) is 5.91 Å². The number of amides is 1. The predicted molar refractivity (Wildman–Crippen MR) is 77.8 cm³/mol. The summed E-state index contributed by atoms with van der Waals surface area (Å²) in [5.74, 6) is 5.98. The van der Waals surface area contributed by atoms with Crippen molar-refractivity contribution in [3.63, 3.8) is 0 Å². The second-order valence-electron chi connectivity index (χ2n) is 5.87. The molecule has 1 aliphatic rings. The Morgan fingerprint density at radius 3 is 2.58 bits per heavy atom. The molecule has 4 N–H and O–H groups in total. The lowest BCUT2D eigenvalue weighted by atomic mass is 9.92. The lowest BCUT2D eigenvalue weighted by Crippen LogP contribution is -2.33. The molecule has 1 fully saturated rings. The molecule has 1 aromatic carbocycles. The zero-order valence-corrected chi connectivity index (χ0v) is 11.9.